The van der Waals surface area contributed by atoms with Crippen LogP contribution in [0.25, 0.3) is 0 Å². The van der Waals surface area contributed by atoms with Crippen LogP contribution in [0.4, 0.5) is 0 Å². The van der Waals surface area contributed by atoms with Gasteiger partial charge in [-0.3, -0.25) is 14.4 Å². The predicted octanol–water partition coefficient (Wildman–Crippen LogP) is 3.91. The van der Waals surface area contributed by atoms with E-state index in [1.807, 2.05) is 0 Å². The highest BCUT2D eigenvalue weighted by molar-refractivity contribution is 5.89. The van der Waals surface area contributed by atoms with Crippen LogP contribution in [0.2, 0.25) is 0 Å². The first-order valence-electron chi connectivity index (χ1n) is 10.3. The Kier molecular flexibility index (Phi) is 15.8. The summed E-state index contributed by atoms with van der Waals surface area (Å²) in [5.41, 5.74) is 5.09. The standard InChI is InChI=1S/C20H38N2O4/c1-2-3-4-5-6-7-8-9-10-11-12-13-14-15-18(23)22-17(20(21)26)16-19(24)25/h17H,2-16H2,1H3,(H2,21,26)(H,22,23)(H,24,25)/t17-/m0/s1. The number of nitrogens with one attached hydrogen (secondary N) is 1. The molecule has 6 heteroatoms. The lowest BCUT2D eigenvalue weighted by Crippen LogP contribution is -2.45. The molecule has 6 nitrogen and oxygen atoms in total. The van der Waals surface area contributed by atoms with Gasteiger partial charge in [0.25, 0.3) is 0 Å². The van der Waals surface area contributed by atoms with E-state index in [-0.39, 0.29) is 5.91 Å². The molecule has 0 saturated carbocycles. The Balaban J connectivity index is 3.47. The lowest BCUT2D eigenvalue weighted by molar-refractivity contribution is -0.140. The van der Waals surface area contributed by atoms with E-state index in [0.29, 0.717) is 6.42 Å². The number of carbonyl (C=O) groups is 3. The van der Waals surface area contributed by atoms with Crippen LogP contribution in [0.5, 0.6) is 0 Å². The molecule has 0 saturated heterocycles. The van der Waals surface area contributed by atoms with Gasteiger partial charge in [-0.25, -0.2) is 0 Å². The first-order valence-corrected chi connectivity index (χ1v) is 10.3. The van der Waals surface area contributed by atoms with Crippen molar-refractivity contribution in [3.05, 3.63) is 0 Å². The summed E-state index contributed by atoms with van der Waals surface area (Å²) in [6.07, 6.45) is 15.9. The molecule has 0 aliphatic rings. The Labute approximate surface area is 158 Å². The minimum atomic E-state index is -1.16. The van der Waals surface area contributed by atoms with Crippen molar-refractivity contribution in [1.29, 1.82) is 0 Å². The molecular weight excluding hydrogens is 332 g/mol. The molecule has 0 radical (unpaired) electrons. The zero-order valence-corrected chi connectivity index (χ0v) is 16.4. The zero-order valence-electron chi connectivity index (χ0n) is 16.4. The van der Waals surface area contributed by atoms with E-state index in [1.165, 1.54) is 64.2 Å². The van der Waals surface area contributed by atoms with Crippen molar-refractivity contribution in [3.63, 3.8) is 0 Å². The van der Waals surface area contributed by atoms with Gasteiger partial charge < -0.3 is 16.2 Å². The summed E-state index contributed by atoms with van der Waals surface area (Å²) in [6.45, 7) is 2.24. The van der Waals surface area contributed by atoms with Crippen LogP contribution in [0.15, 0.2) is 0 Å². The van der Waals surface area contributed by atoms with Gasteiger partial charge in [-0.05, 0) is 6.42 Å². The fourth-order valence-electron chi connectivity index (χ4n) is 2.97. The number of carbonyl (C=O) groups excluding carboxylic acids is 2. The highest BCUT2D eigenvalue weighted by atomic mass is 16.4. The topological polar surface area (TPSA) is 109 Å². The Morgan fingerprint density at radius 1 is 0.808 bits per heavy atom. The summed E-state index contributed by atoms with van der Waals surface area (Å²) in [6, 6.07) is -1.12. The molecule has 0 rings (SSSR count). The third-order valence-electron chi connectivity index (χ3n) is 4.56. The van der Waals surface area contributed by atoms with Gasteiger partial charge in [0.15, 0.2) is 0 Å². The van der Waals surface area contributed by atoms with Crippen LogP contribution >= 0.6 is 0 Å². The number of aliphatic carboxylic acids is 1. The number of nitrogens with two attached hydrogens (primary N) is 1. The normalized spacial score (nSPS) is 11.9. The maximum atomic E-state index is 11.7. The van der Waals surface area contributed by atoms with Gasteiger partial charge in [-0.1, -0.05) is 84.0 Å². The molecule has 4 N–H and O–H groups in total. The maximum absolute atomic E-state index is 11.7. The van der Waals surface area contributed by atoms with E-state index in [4.69, 9.17) is 10.8 Å². The molecule has 0 spiro atoms. The maximum Gasteiger partial charge on any atom is 0.305 e. The lowest BCUT2D eigenvalue weighted by Gasteiger charge is -2.13. The van der Waals surface area contributed by atoms with Crippen molar-refractivity contribution >= 4 is 17.8 Å². The summed E-state index contributed by atoms with van der Waals surface area (Å²) in [4.78, 5) is 33.5. The Hall–Kier alpha value is -1.59. The molecule has 0 aromatic carbocycles. The van der Waals surface area contributed by atoms with Crippen LogP contribution in [-0.4, -0.2) is 28.9 Å². The number of amides is 2. The molecule has 0 fully saturated rings. The number of carboxylic acids is 1. The molecule has 0 bridgehead atoms. The van der Waals surface area contributed by atoms with Crippen LogP contribution in [-0.2, 0) is 14.4 Å². The minimum absolute atomic E-state index is 0.307. The number of rotatable bonds is 18. The van der Waals surface area contributed by atoms with E-state index in [0.717, 1.165) is 19.3 Å². The Morgan fingerprint density at radius 2 is 1.23 bits per heavy atom. The second-order valence-electron chi connectivity index (χ2n) is 7.11. The van der Waals surface area contributed by atoms with Crippen molar-refractivity contribution in [2.75, 3.05) is 0 Å². The fraction of sp³-hybridized carbons (Fsp3) is 0.850. The summed E-state index contributed by atoms with van der Waals surface area (Å²) < 4.78 is 0. The molecule has 1 atom stereocenters. The summed E-state index contributed by atoms with van der Waals surface area (Å²) >= 11 is 0. The average molecular weight is 371 g/mol. The van der Waals surface area contributed by atoms with Crippen LogP contribution in [0.3, 0.4) is 0 Å². The predicted molar refractivity (Wildman–Crippen MR) is 104 cm³/mol. The fourth-order valence-corrected chi connectivity index (χ4v) is 2.97. The van der Waals surface area contributed by atoms with Crippen molar-refractivity contribution in [2.45, 2.75) is 109 Å². The second-order valence-corrected chi connectivity index (χ2v) is 7.11. The SMILES string of the molecule is CCCCCCCCCCCCCCCC(=O)N[C@@H](CC(=O)O)C(N)=O. The van der Waals surface area contributed by atoms with Gasteiger partial charge in [0.05, 0.1) is 6.42 Å². The average Bonchev–Trinajstić information content (AvgIpc) is 2.58. The second kappa shape index (κ2) is 16.9. The van der Waals surface area contributed by atoms with Crippen molar-refractivity contribution in [2.24, 2.45) is 5.73 Å². The summed E-state index contributed by atoms with van der Waals surface area (Å²) in [5.74, 6) is -2.28. The van der Waals surface area contributed by atoms with E-state index in [1.54, 1.807) is 0 Å². The van der Waals surface area contributed by atoms with Crippen LogP contribution < -0.4 is 11.1 Å². The molecule has 0 aliphatic heterocycles. The highest BCUT2D eigenvalue weighted by Crippen LogP contribution is 2.13. The molecule has 0 unspecified atom stereocenters. The van der Waals surface area contributed by atoms with Crippen LogP contribution in [0, 0.1) is 0 Å². The molecule has 26 heavy (non-hydrogen) atoms. The van der Waals surface area contributed by atoms with E-state index in [2.05, 4.69) is 12.2 Å². The third kappa shape index (κ3) is 15.9. The first kappa shape index (κ1) is 24.4. The van der Waals surface area contributed by atoms with Gasteiger partial charge in [-0.15, -0.1) is 0 Å². The number of primary amides is 1. The number of hydrogen-bond acceptors (Lipinski definition) is 3. The number of unbranched alkanes of at least 4 members (excludes halogenated alkanes) is 12. The quantitative estimate of drug-likeness (QED) is 0.318. The third-order valence-corrected chi connectivity index (χ3v) is 4.56. The summed E-state index contributed by atoms with van der Waals surface area (Å²) in [5, 5.41) is 11.1. The number of hydrogen-bond donors (Lipinski definition) is 3. The molecule has 152 valence electrons. The number of carboxylic acid groups (broad SMARTS) is 1. The van der Waals surface area contributed by atoms with Gasteiger partial charge in [0.2, 0.25) is 11.8 Å². The molecular formula is C20H38N2O4. The smallest absolute Gasteiger partial charge is 0.305 e. The van der Waals surface area contributed by atoms with E-state index >= 15 is 0 Å². The molecule has 2 amide bonds. The highest BCUT2D eigenvalue weighted by Gasteiger charge is 2.20. The van der Waals surface area contributed by atoms with Gasteiger partial charge in [0.1, 0.15) is 6.04 Å². The first-order chi connectivity index (χ1) is 12.5. The lowest BCUT2D eigenvalue weighted by atomic mass is 10.0. The van der Waals surface area contributed by atoms with Gasteiger partial charge in [-0.2, -0.15) is 0 Å². The van der Waals surface area contributed by atoms with E-state index in [9.17, 15) is 14.4 Å². The summed E-state index contributed by atoms with van der Waals surface area (Å²) in [7, 11) is 0. The largest absolute Gasteiger partial charge is 0.481 e. The van der Waals surface area contributed by atoms with Gasteiger partial charge in [0, 0.05) is 6.42 Å². The monoisotopic (exact) mass is 370 g/mol. The van der Waals surface area contributed by atoms with Crippen molar-refractivity contribution in [1.82, 2.24) is 5.32 Å². The Morgan fingerprint density at radius 3 is 1.62 bits per heavy atom. The molecule has 0 heterocycles. The van der Waals surface area contributed by atoms with Gasteiger partial charge >= 0.3 is 5.97 Å². The Bertz CT molecular complexity index is 399. The van der Waals surface area contributed by atoms with Crippen molar-refractivity contribution in [3.8, 4) is 0 Å². The van der Waals surface area contributed by atoms with Crippen molar-refractivity contribution < 1.29 is 19.5 Å². The van der Waals surface area contributed by atoms with Crippen LogP contribution in [0.1, 0.15) is 103 Å². The minimum Gasteiger partial charge on any atom is -0.481 e. The zero-order chi connectivity index (χ0) is 19.6. The molecule has 0 aromatic heterocycles. The molecule has 0 aromatic rings. The molecule has 0 aliphatic carbocycles. The van der Waals surface area contributed by atoms with E-state index < -0.39 is 24.3 Å².